The molecule has 0 spiro atoms. The number of carbonyl (C=O) groups is 1. The van der Waals surface area contributed by atoms with Crippen LogP contribution in [-0.4, -0.2) is 37.4 Å². The van der Waals surface area contributed by atoms with Crippen LogP contribution in [0.5, 0.6) is 0 Å². The number of rotatable bonds is 6. The van der Waals surface area contributed by atoms with Gasteiger partial charge in [0.15, 0.2) is 0 Å². The van der Waals surface area contributed by atoms with Crippen LogP contribution in [0.15, 0.2) is 23.1 Å². The predicted molar refractivity (Wildman–Crippen MR) is 84.0 cm³/mol. The highest BCUT2D eigenvalue weighted by atomic mass is 32.2. The van der Waals surface area contributed by atoms with Crippen molar-refractivity contribution >= 4 is 40.6 Å². The molecule has 0 saturated carbocycles. The smallest absolute Gasteiger partial charge is 0.325 e. The summed E-state index contributed by atoms with van der Waals surface area (Å²) in [5.41, 5.74) is 7.48. The van der Waals surface area contributed by atoms with Gasteiger partial charge in [-0.2, -0.15) is 0 Å². The van der Waals surface area contributed by atoms with Crippen LogP contribution in [0.25, 0.3) is 0 Å². The third kappa shape index (κ3) is 4.11. The lowest BCUT2D eigenvalue weighted by atomic mass is 10.1. The largest absolute Gasteiger partial charge is 0.468 e. The van der Waals surface area contributed by atoms with Gasteiger partial charge in [-0.05, 0) is 17.9 Å². The molecule has 0 aliphatic rings. The van der Waals surface area contributed by atoms with Gasteiger partial charge in [-0.1, -0.05) is 25.2 Å². The quantitative estimate of drug-likeness (QED) is 0.493. The SMILES string of the molecule is CCSc1cccc(N(C)CC(=O)OC)c1C(N)=S. The number of thiocarbonyl (C=S) groups is 1. The van der Waals surface area contributed by atoms with Gasteiger partial charge < -0.3 is 15.4 Å². The van der Waals surface area contributed by atoms with Gasteiger partial charge in [-0.15, -0.1) is 11.8 Å². The number of anilines is 1. The highest BCUT2D eigenvalue weighted by Crippen LogP contribution is 2.30. The Morgan fingerprint density at radius 1 is 1.53 bits per heavy atom. The maximum absolute atomic E-state index is 11.4. The van der Waals surface area contributed by atoms with Crippen LogP contribution in [0.3, 0.4) is 0 Å². The Hall–Kier alpha value is -1.27. The average Bonchev–Trinajstić information content (AvgIpc) is 2.38. The van der Waals surface area contributed by atoms with Gasteiger partial charge in [0.25, 0.3) is 0 Å². The van der Waals surface area contributed by atoms with Crippen molar-refractivity contribution in [3.05, 3.63) is 23.8 Å². The van der Waals surface area contributed by atoms with E-state index in [-0.39, 0.29) is 12.5 Å². The molecule has 4 nitrogen and oxygen atoms in total. The maximum Gasteiger partial charge on any atom is 0.325 e. The van der Waals surface area contributed by atoms with E-state index in [9.17, 15) is 4.79 Å². The number of likely N-dealkylation sites (N-methyl/N-ethyl adjacent to an activating group) is 1. The number of thioether (sulfide) groups is 1. The number of nitrogens with zero attached hydrogens (tertiary/aromatic N) is 1. The van der Waals surface area contributed by atoms with E-state index in [0.717, 1.165) is 21.9 Å². The van der Waals surface area contributed by atoms with Crippen LogP contribution in [0.1, 0.15) is 12.5 Å². The average molecular weight is 298 g/mol. The van der Waals surface area contributed by atoms with Crippen LogP contribution in [0.2, 0.25) is 0 Å². The van der Waals surface area contributed by atoms with Crippen molar-refractivity contribution in [1.29, 1.82) is 0 Å². The second kappa shape index (κ2) is 7.35. The molecule has 0 amide bonds. The van der Waals surface area contributed by atoms with Gasteiger partial charge in [-0.3, -0.25) is 4.79 Å². The zero-order chi connectivity index (χ0) is 14.4. The molecule has 0 heterocycles. The molecule has 0 unspecified atom stereocenters. The molecule has 1 aromatic rings. The third-order valence-corrected chi connectivity index (χ3v) is 3.70. The molecule has 0 aliphatic heterocycles. The number of nitrogens with two attached hydrogens (primary N) is 1. The molecule has 1 rings (SSSR count). The summed E-state index contributed by atoms with van der Waals surface area (Å²) in [6, 6.07) is 5.82. The first-order valence-electron chi connectivity index (χ1n) is 5.84. The van der Waals surface area contributed by atoms with E-state index in [1.807, 2.05) is 25.2 Å². The summed E-state index contributed by atoms with van der Waals surface area (Å²) in [5.74, 6) is 0.629. The number of hydrogen-bond donors (Lipinski definition) is 1. The molecule has 2 N–H and O–H groups in total. The first-order valence-corrected chi connectivity index (χ1v) is 7.24. The fraction of sp³-hybridized carbons (Fsp3) is 0.385. The first-order chi connectivity index (χ1) is 9.01. The summed E-state index contributed by atoms with van der Waals surface area (Å²) in [6.45, 7) is 2.23. The minimum atomic E-state index is -0.301. The molecule has 6 heteroatoms. The molecule has 0 aliphatic carbocycles. The Bertz CT molecular complexity index is 478. The topological polar surface area (TPSA) is 55.6 Å². The Kier molecular flexibility index (Phi) is 6.11. The lowest BCUT2D eigenvalue weighted by Gasteiger charge is -2.22. The van der Waals surface area contributed by atoms with Crippen LogP contribution >= 0.6 is 24.0 Å². The highest BCUT2D eigenvalue weighted by molar-refractivity contribution is 7.99. The molecular weight excluding hydrogens is 280 g/mol. The van der Waals surface area contributed by atoms with Gasteiger partial charge >= 0.3 is 5.97 Å². The van der Waals surface area contributed by atoms with E-state index in [1.165, 1.54) is 7.11 Å². The van der Waals surface area contributed by atoms with Crippen molar-refractivity contribution in [3.8, 4) is 0 Å². The molecular formula is C13H18N2O2S2. The van der Waals surface area contributed by atoms with Crippen molar-refractivity contribution in [3.63, 3.8) is 0 Å². The minimum absolute atomic E-state index is 0.159. The van der Waals surface area contributed by atoms with E-state index in [4.69, 9.17) is 18.0 Å². The van der Waals surface area contributed by atoms with Gasteiger partial charge in [0.05, 0.1) is 7.11 Å². The minimum Gasteiger partial charge on any atom is -0.468 e. The van der Waals surface area contributed by atoms with Crippen LogP contribution < -0.4 is 10.6 Å². The zero-order valence-corrected chi connectivity index (χ0v) is 12.9. The van der Waals surface area contributed by atoms with E-state index >= 15 is 0 Å². The molecule has 0 radical (unpaired) electrons. The summed E-state index contributed by atoms with van der Waals surface area (Å²) in [4.78, 5) is 14.5. The van der Waals surface area contributed by atoms with Gasteiger partial charge in [0, 0.05) is 23.2 Å². The van der Waals surface area contributed by atoms with Crippen molar-refractivity contribution in [2.45, 2.75) is 11.8 Å². The molecule has 1 aromatic carbocycles. The van der Waals surface area contributed by atoms with Gasteiger partial charge in [-0.25, -0.2) is 0 Å². The molecule has 0 atom stereocenters. The summed E-state index contributed by atoms with van der Waals surface area (Å²) in [6.07, 6.45) is 0. The van der Waals surface area contributed by atoms with E-state index in [1.54, 1.807) is 16.7 Å². The van der Waals surface area contributed by atoms with Crippen LogP contribution in [0.4, 0.5) is 5.69 Å². The standard InChI is InChI=1S/C13H18N2O2S2/c1-4-19-10-7-5-6-9(12(10)13(14)18)15(2)8-11(16)17-3/h5-7H,4,8H2,1-3H3,(H2,14,18). The molecule has 0 fully saturated rings. The van der Waals surface area contributed by atoms with Crippen molar-refractivity contribution in [1.82, 2.24) is 0 Å². The van der Waals surface area contributed by atoms with Crippen molar-refractivity contribution < 1.29 is 9.53 Å². The van der Waals surface area contributed by atoms with Crippen LogP contribution in [0, 0.1) is 0 Å². The molecule has 0 saturated heterocycles. The number of carbonyl (C=O) groups excluding carboxylic acids is 1. The normalized spacial score (nSPS) is 10.1. The Labute approximate surface area is 123 Å². The van der Waals surface area contributed by atoms with E-state index in [2.05, 4.69) is 11.7 Å². The fourth-order valence-corrected chi connectivity index (χ4v) is 2.83. The maximum atomic E-state index is 11.4. The second-order valence-corrected chi connectivity index (χ2v) is 5.63. The molecule has 104 valence electrons. The van der Waals surface area contributed by atoms with Crippen LogP contribution in [-0.2, 0) is 9.53 Å². The van der Waals surface area contributed by atoms with Gasteiger partial charge in [0.1, 0.15) is 11.5 Å². The number of hydrogen-bond acceptors (Lipinski definition) is 5. The lowest BCUT2D eigenvalue weighted by Crippen LogP contribution is -2.28. The first kappa shape index (κ1) is 15.8. The summed E-state index contributed by atoms with van der Waals surface area (Å²) in [5, 5.41) is 0. The summed E-state index contributed by atoms with van der Waals surface area (Å²) in [7, 11) is 3.18. The lowest BCUT2D eigenvalue weighted by molar-refractivity contribution is -0.138. The van der Waals surface area contributed by atoms with E-state index in [0.29, 0.717) is 4.99 Å². The van der Waals surface area contributed by atoms with E-state index < -0.39 is 0 Å². The molecule has 0 aromatic heterocycles. The third-order valence-electron chi connectivity index (χ3n) is 2.56. The summed E-state index contributed by atoms with van der Waals surface area (Å²) >= 11 is 6.81. The monoisotopic (exact) mass is 298 g/mol. The number of methoxy groups -OCH3 is 1. The zero-order valence-electron chi connectivity index (χ0n) is 11.3. The van der Waals surface area contributed by atoms with Gasteiger partial charge in [0.2, 0.25) is 0 Å². The van der Waals surface area contributed by atoms with Crippen molar-refractivity contribution in [2.75, 3.05) is 31.4 Å². The number of ether oxygens (including phenoxy) is 1. The number of esters is 1. The summed E-state index contributed by atoms with van der Waals surface area (Å²) < 4.78 is 4.67. The number of benzene rings is 1. The molecule has 19 heavy (non-hydrogen) atoms. The van der Waals surface area contributed by atoms with Crippen molar-refractivity contribution in [2.24, 2.45) is 5.73 Å². The fourth-order valence-electron chi connectivity index (χ4n) is 1.70. The second-order valence-electron chi connectivity index (χ2n) is 3.88. The Morgan fingerprint density at radius 3 is 2.74 bits per heavy atom. The highest BCUT2D eigenvalue weighted by Gasteiger charge is 2.16. The Morgan fingerprint density at radius 2 is 2.21 bits per heavy atom. The molecule has 0 bridgehead atoms. The Balaban J connectivity index is 3.15. The predicted octanol–water partition coefficient (Wildman–Crippen LogP) is 2.04.